The van der Waals surface area contributed by atoms with Gasteiger partial charge in [-0.1, -0.05) is 11.6 Å². The smallest absolute Gasteiger partial charge is 0.385 e. The zero-order valence-electron chi connectivity index (χ0n) is 25.8. The van der Waals surface area contributed by atoms with Crippen molar-refractivity contribution < 1.29 is 30.9 Å². The summed E-state index contributed by atoms with van der Waals surface area (Å²) in [5, 5.41) is 2.92. The first-order chi connectivity index (χ1) is 22.6. The predicted molar refractivity (Wildman–Crippen MR) is 193 cm³/mol. The average Bonchev–Trinajstić information content (AvgIpc) is 2.98. The number of hydrogen-bond acceptors (Lipinski definition) is 9. The highest BCUT2D eigenvalue weighted by Crippen LogP contribution is 2.59. The maximum atomic E-state index is 15.5. The number of aromatic nitrogens is 2. The molecule has 1 spiro atoms. The van der Waals surface area contributed by atoms with Crippen molar-refractivity contribution in [1.29, 1.82) is 0 Å². The van der Waals surface area contributed by atoms with E-state index in [4.69, 9.17) is 20.5 Å². The van der Waals surface area contributed by atoms with E-state index in [1.807, 2.05) is 0 Å². The van der Waals surface area contributed by atoms with Gasteiger partial charge in [0.25, 0.3) is 0 Å². The van der Waals surface area contributed by atoms with Gasteiger partial charge in [0.05, 0.1) is 35.9 Å². The maximum Gasteiger partial charge on any atom is 0.417 e. The molecule has 0 saturated carbocycles. The Bertz CT molecular complexity index is 1800. The SMILES string of the molecule is C/C1=C/N(c2nc(=O)[nH]c3c(SCS(C)(I)CN4CCC5(CC4)COC5)c(-c4cc(Cl)c(F)cc4F)c(C(F)(F)F)cc23)SOCCN1. The van der Waals surface area contributed by atoms with Crippen LogP contribution >= 0.6 is 64.0 Å². The van der Waals surface area contributed by atoms with Crippen LogP contribution in [0.3, 0.4) is 0 Å². The number of H-pyrrole nitrogens is 1. The second-order valence-electron chi connectivity index (χ2n) is 12.3. The minimum absolute atomic E-state index is 0.0152. The van der Waals surface area contributed by atoms with Crippen LogP contribution in [-0.2, 0) is 15.1 Å². The van der Waals surface area contributed by atoms with Crippen LogP contribution in [0.2, 0.25) is 5.02 Å². The summed E-state index contributed by atoms with van der Waals surface area (Å²) in [7, 11) is -1.50. The van der Waals surface area contributed by atoms with E-state index in [9.17, 15) is 9.18 Å². The van der Waals surface area contributed by atoms with Crippen molar-refractivity contribution in [3.05, 3.63) is 62.8 Å². The second-order valence-corrected chi connectivity index (χ2v) is 24.0. The van der Waals surface area contributed by atoms with E-state index in [0.717, 1.165) is 81.1 Å². The van der Waals surface area contributed by atoms with Crippen LogP contribution in [0.1, 0.15) is 25.3 Å². The molecule has 0 bridgehead atoms. The Labute approximate surface area is 301 Å². The summed E-state index contributed by atoms with van der Waals surface area (Å²) in [5.74, 6) is -1.68. The van der Waals surface area contributed by atoms with Gasteiger partial charge < -0.3 is 15.0 Å². The number of nitrogens with zero attached hydrogens (tertiary/aromatic N) is 3. The van der Waals surface area contributed by atoms with Crippen molar-refractivity contribution in [3.63, 3.8) is 0 Å². The van der Waals surface area contributed by atoms with E-state index in [2.05, 4.69) is 47.6 Å². The van der Waals surface area contributed by atoms with Gasteiger partial charge in [-0.05, 0) is 72.4 Å². The fraction of sp³-hybridized carbons (Fsp3) is 0.467. The van der Waals surface area contributed by atoms with E-state index in [-0.39, 0.29) is 33.6 Å². The molecule has 0 aliphatic carbocycles. The van der Waals surface area contributed by atoms with Gasteiger partial charge in [-0.15, -0.1) is 11.8 Å². The lowest BCUT2D eigenvalue weighted by atomic mass is 9.77. The lowest BCUT2D eigenvalue weighted by Gasteiger charge is -2.48. The highest BCUT2D eigenvalue weighted by molar-refractivity contribution is 14.2. The number of piperidine rings is 1. The Morgan fingerprint density at radius 3 is 2.58 bits per heavy atom. The average molecular weight is 864 g/mol. The molecule has 1 aromatic heterocycles. The molecule has 2 aromatic carbocycles. The number of anilines is 1. The molecule has 3 aliphatic rings. The number of halogens is 7. The molecule has 6 rings (SSSR count). The highest BCUT2D eigenvalue weighted by Gasteiger charge is 2.42. The van der Waals surface area contributed by atoms with Crippen molar-refractivity contribution in [2.45, 2.75) is 30.8 Å². The van der Waals surface area contributed by atoms with Crippen LogP contribution in [0, 0.1) is 17.0 Å². The molecule has 4 heterocycles. The van der Waals surface area contributed by atoms with Crippen LogP contribution in [0.15, 0.2) is 39.8 Å². The summed E-state index contributed by atoms with van der Waals surface area (Å²) in [5.41, 5.74) is -2.10. The monoisotopic (exact) mass is 863 g/mol. The summed E-state index contributed by atoms with van der Waals surface area (Å²) in [6, 6.07) is 2.16. The third-order valence-corrected chi connectivity index (χ3v) is 16.6. The van der Waals surface area contributed by atoms with Gasteiger partial charge in [0.1, 0.15) is 23.9 Å². The Balaban J connectivity index is 1.49. The molecular formula is C30H32ClF5IN5O3S3. The number of hydrogen-bond donors (Lipinski definition) is 2. The summed E-state index contributed by atoms with van der Waals surface area (Å²) in [6.45, 7) is 5.91. The van der Waals surface area contributed by atoms with Gasteiger partial charge in [0.15, 0.2) is 5.82 Å². The van der Waals surface area contributed by atoms with Gasteiger partial charge in [0.2, 0.25) is 0 Å². The molecule has 0 radical (unpaired) electrons. The van der Waals surface area contributed by atoms with Crippen molar-refractivity contribution in [3.8, 4) is 11.1 Å². The summed E-state index contributed by atoms with van der Waals surface area (Å²) < 4.78 is 87.4. The fourth-order valence-electron chi connectivity index (χ4n) is 5.93. The third-order valence-electron chi connectivity index (χ3n) is 8.42. The summed E-state index contributed by atoms with van der Waals surface area (Å²) >= 11 is 10.3. The van der Waals surface area contributed by atoms with Crippen molar-refractivity contribution >= 4 is 80.7 Å². The number of alkyl halides is 3. The number of aromatic amines is 1. The zero-order valence-corrected chi connectivity index (χ0v) is 31.2. The topological polar surface area (TPSA) is 82.7 Å². The van der Waals surface area contributed by atoms with E-state index >= 15 is 17.6 Å². The number of nitrogens with one attached hydrogen (secondary N) is 2. The molecule has 18 heteroatoms. The Kier molecular flexibility index (Phi) is 10.8. The molecule has 2 fully saturated rings. The molecule has 262 valence electrons. The number of allylic oxidation sites excluding steroid dienone is 1. The normalized spacial score (nSPS) is 21.9. The predicted octanol–water partition coefficient (Wildman–Crippen LogP) is 8.30. The number of benzene rings is 2. The zero-order chi connectivity index (χ0) is 34.4. The van der Waals surface area contributed by atoms with Gasteiger partial charge in [0, 0.05) is 62.3 Å². The maximum absolute atomic E-state index is 15.5. The molecule has 2 N–H and O–H groups in total. The number of fused-ring (bicyclic) bond motifs is 1. The van der Waals surface area contributed by atoms with Crippen LogP contribution in [0.25, 0.3) is 22.0 Å². The van der Waals surface area contributed by atoms with Crippen LogP contribution in [0.4, 0.5) is 27.8 Å². The van der Waals surface area contributed by atoms with Crippen LogP contribution in [0.5, 0.6) is 0 Å². The van der Waals surface area contributed by atoms with Crippen molar-refractivity contribution in [2.24, 2.45) is 5.41 Å². The first-order valence-electron chi connectivity index (χ1n) is 14.9. The fourth-order valence-corrected chi connectivity index (χ4v) is 12.5. The standard InChI is InChI=1S/C30H32ClF5IN5O3S3/c1-17-12-42(47-45-8-5-38-17)27-19-9-20(30(34,35)36)24(18-10-21(31)23(33)11-22(18)32)26(25(19)39-28(43)40-27)46-16-48(2,37)15-41-6-3-29(4-7-41)13-44-14-29/h9-12,38H,3-8,13-16H2,1-2H3,(H,39,40,43)/b17-12-. The van der Waals surface area contributed by atoms with Gasteiger partial charge >= 0.3 is 11.9 Å². The Morgan fingerprint density at radius 2 is 1.92 bits per heavy atom. The summed E-state index contributed by atoms with van der Waals surface area (Å²) in [6.07, 6.45) is 0.730. The molecule has 1 atom stereocenters. The quantitative estimate of drug-likeness (QED) is 0.0610. The van der Waals surface area contributed by atoms with Gasteiger partial charge in [-0.2, -0.15) is 25.4 Å². The molecule has 48 heavy (non-hydrogen) atoms. The molecule has 0 amide bonds. The van der Waals surface area contributed by atoms with E-state index < -0.39 is 52.4 Å². The molecular weight excluding hydrogens is 832 g/mol. The number of ether oxygens (including phenoxy) is 1. The molecule has 2 saturated heterocycles. The minimum atomic E-state index is -4.98. The van der Waals surface area contributed by atoms with Gasteiger partial charge in [-0.3, -0.25) is 9.08 Å². The van der Waals surface area contributed by atoms with Crippen molar-refractivity contribution in [1.82, 2.24) is 20.2 Å². The lowest BCUT2D eigenvalue weighted by molar-refractivity contribution is -0.138. The first-order valence-corrected chi connectivity index (χ1v) is 21.8. The second kappa shape index (κ2) is 14.3. The molecule has 3 aliphatic heterocycles. The largest absolute Gasteiger partial charge is 0.417 e. The van der Waals surface area contributed by atoms with E-state index in [0.29, 0.717) is 23.4 Å². The number of thioether (sulfide) groups is 1. The first kappa shape index (κ1) is 36.3. The molecule has 8 nitrogen and oxygen atoms in total. The number of likely N-dealkylation sites (tertiary alicyclic amines) is 1. The number of rotatable bonds is 7. The van der Waals surface area contributed by atoms with Crippen LogP contribution < -0.4 is 15.3 Å². The lowest BCUT2D eigenvalue weighted by Crippen LogP contribution is -2.51. The van der Waals surface area contributed by atoms with Gasteiger partial charge in [-0.25, -0.2) is 17.9 Å². The highest BCUT2D eigenvalue weighted by atomic mass is 127. The molecule has 1 unspecified atom stereocenters. The minimum Gasteiger partial charge on any atom is -0.385 e. The van der Waals surface area contributed by atoms with Crippen molar-refractivity contribution in [2.75, 3.05) is 61.0 Å². The summed E-state index contributed by atoms with van der Waals surface area (Å²) in [4.78, 5) is 22.2. The molecule has 3 aromatic rings. The van der Waals surface area contributed by atoms with E-state index in [1.165, 1.54) is 4.31 Å². The third kappa shape index (κ3) is 7.87. The Hall–Kier alpha value is -1.48. The van der Waals surface area contributed by atoms with E-state index in [1.54, 1.807) is 13.1 Å². The Morgan fingerprint density at radius 1 is 1.19 bits per heavy atom. The van der Waals surface area contributed by atoms with Crippen LogP contribution in [-0.4, -0.2) is 71.5 Å².